The van der Waals surface area contributed by atoms with Crippen LogP contribution in [0.4, 0.5) is 0 Å². The maximum Gasteiger partial charge on any atom is 0.242 e. The highest BCUT2D eigenvalue weighted by Gasteiger charge is 2.51. The molecule has 1 aromatic heterocycles. The summed E-state index contributed by atoms with van der Waals surface area (Å²) in [6, 6.07) is 10.9. The molecule has 1 heterocycles. The lowest BCUT2D eigenvalue weighted by molar-refractivity contribution is -0.125. The summed E-state index contributed by atoms with van der Waals surface area (Å²) in [5.74, 6) is 3.34. The van der Waals surface area contributed by atoms with Gasteiger partial charge >= 0.3 is 0 Å². The van der Waals surface area contributed by atoms with Crippen molar-refractivity contribution < 1.29 is 4.79 Å². The zero-order chi connectivity index (χ0) is 17.4. The van der Waals surface area contributed by atoms with Gasteiger partial charge in [-0.15, -0.1) is 0 Å². The molecule has 5 nitrogen and oxygen atoms in total. The van der Waals surface area contributed by atoms with Crippen LogP contribution in [0.25, 0.3) is 0 Å². The molecule has 2 aliphatic carbocycles. The van der Waals surface area contributed by atoms with E-state index in [1.165, 1.54) is 31.2 Å². The highest BCUT2D eigenvalue weighted by atomic mass is 16.2. The third kappa shape index (κ3) is 3.08. The lowest BCUT2D eigenvalue weighted by Gasteiger charge is -2.55. The Kier molecular flexibility index (Phi) is 4.32. The van der Waals surface area contributed by atoms with E-state index in [9.17, 15) is 4.79 Å². The van der Waals surface area contributed by atoms with E-state index < -0.39 is 0 Å². The second-order valence-corrected chi connectivity index (χ2v) is 7.51. The predicted octanol–water partition coefficient (Wildman–Crippen LogP) is 2.98. The van der Waals surface area contributed by atoms with E-state index in [-0.39, 0.29) is 18.5 Å². The lowest BCUT2D eigenvalue weighted by atomic mass is 9.53. The maximum absolute atomic E-state index is 12.6. The number of aromatic nitrogens is 3. The molecule has 1 amide bonds. The van der Waals surface area contributed by atoms with Gasteiger partial charge in [0, 0.05) is 12.0 Å². The molecule has 25 heavy (non-hydrogen) atoms. The largest absolute Gasteiger partial charge is 0.351 e. The second kappa shape index (κ2) is 6.62. The SMILES string of the molecule is Cc1nc(C)n(CC(=O)N[C@H]2[C@H]3CCCC[C@@H]3[C@@H]2c2ccccc2)n1. The van der Waals surface area contributed by atoms with Gasteiger partial charge in [-0.05, 0) is 44.1 Å². The Morgan fingerprint density at radius 2 is 1.88 bits per heavy atom. The standard InChI is InChI=1S/C20H26N4O/c1-13-21-14(2)24(23-13)12-18(25)22-20-17-11-7-6-10-16(17)19(20)15-8-4-3-5-9-15/h3-5,8-9,16-17,19-20H,6-7,10-12H2,1-2H3,(H,22,25)/t16-,17-,19-,20-/m0/s1. The Balaban J connectivity index is 1.49. The number of aryl methyl sites for hydroxylation is 2. The molecule has 2 fully saturated rings. The summed E-state index contributed by atoms with van der Waals surface area (Å²) in [5.41, 5.74) is 1.36. The van der Waals surface area contributed by atoms with E-state index in [0.717, 1.165) is 11.7 Å². The molecule has 1 N–H and O–H groups in total. The van der Waals surface area contributed by atoms with Crippen LogP contribution >= 0.6 is 0 Å². The fourth-order valence-electron chi connectivity index (χ4n) is 4.87. The fraction of sp³-hybridized carbons (Fsp3) is 0.550. The van der Waals surface area contributed by atoms with Crippen LogP contribution in [-0.2, 0) is 11.3 Å². The van der Waals surface area contributed by atoms with Gasteiger partial charge in [-0.2, -0.15) is 5.10 Å². The predicted molar refractivity (Wildman–Crippen MR) is 96.1 cm³/mol. The Hall–Kier alpha value is -2.17. The second-order valence-electron chi connectivity index (χ2n) is 7.51. The summed E-state index contributed by atoms with van der Waals surface area (Å²) >= 11 is 0. The van der Waals surface area contributed by atoms with Crippen molar-refractivity contribution in [1.82, 2.24) is 20.1 Å². The summed E-state index contributed by atoms with van der Waals surface area (Å²) in [6.45, 7) is 3.99. The normalized spacial score (nSPS) is 28.1. The maximum atomic E-state index is 12.6. The molecule has 0 aliphatic heterocycles. The van der Waals surface area contributed by atoms with E-state index in [1.807, 2.05) is 13.8 Å². The summed E-state index contributed by atoms with van der Waals surface area (Å²) in [5, 5.41) is 7.63. The number of hydrogen-bond donors (Lipinski definition) is 1. The molecular weight excluding hydrogens is 312 g/mol. The van der Waals surface area contributed by atoms with Crippen molar-refractivity contribution in [2.24, 2.45) is 11.8 Å². The third-order valence-electron chi connectivity index (χ3n) is 5.95. The first kappa shape index (κ1) is 16.3. The zero-order valence-electron chi connectivity index (χ0n) is 15.0. The molecule has 2 aromatic rings. The van der Waals surface area contributed by atoms with Gasteiger partial charge in [-0.25, -0.2) is 9.67 Å². The van der Waals surface area contributed by atoms with Crippen molar-refractivity contribution in [3.8, 4) is 0 Å². The number of nitrogens with one attached hydrogen (secondary N) is 1. The van der Waals surface area contributed by atoms with Gasteiger partial charge in [-0.1, -0.05) is 43.2 Å². The smallest absolute Gasteiger partial charge is 0.242 e. The van der Waals surface area contributed by atoms with Gasteiger partial charge < -0.3 is 5.32 Å². The molecule has 1 aromatic carbocycles. The fourth-order valence-corrected chi connectivity index (χ4v) is 4.87. The average Bonchev–Trinajstić information content (AvgIpc) is 2.91. The highest BCUT2D eigenvalue weighted by molar-refractivity contribution is 5.76. The van der Waals surface area contributed by atoms with Gasteiger partial charge in [0.2, 0.25) is 5.91 Å². The third-order valence-corrected chi connectivity index (χ3v) is 5.95. The molecule has 0 spiro atoms. The summed E-state index contributed by atoms with van der Waals surface area (Å²) in [7, 11) is 0. The first-order valence-electron chi connectivity index (χ1n) is 9.36. The van der Waals surface area contributed by atoms with Gasteiger partial charge in [0.25, 0.3) is 0 Å². The Morgan fingerprint density at radius 3 is 2.56 bits per heavy atom. The summed E-state index contributed by atoms with van der Waals surface area (Å²) in [6.07, 6.45) is 5.14. The van der Waals surface area contributed by atoms with Crippen LogP contribution in [0.2, 0.25) is 0 Å². The minimum atomic E-state index is 0.0444. The quantitative estimate of drug-likeness (QED) is 0.932. The van der Waals surface area contributed by atoms with Crippen LogP contribution in [0.3, 0.4) is 0 Å². The molecule has 5 heteroatoms. The highest BCUT2D eigenvalue weighted by Crippen LogP contribution is 2.54. The van der Waals surface area contributed by atoms with E-state index in [1.54, 1.807) is 4.68 Å². The topological polar surface area (TPSA) is 59.8 Å². The van der Waals surface area contributed by atoms with Crippen molar-refractivity contribution in [2.45, 2.75) is 58.0 Å². The number of hydrogen-bond acceptors (Lipinski definition) is 3. The molecule has 4 rings (SSSR count). The van der Waals surface area contributed by atoms with E-state index in [2.05, 4.69) is 45.7 Å². The molecule has 2 aliphatic rings. The van der Waals surface area contributed by atoms with E-state index in [4.69, 9.17) is 0 Å². The molecule has 0 saturated heterocycles. The number of carbonyl (C=O) groups excluding carboxylic acids is 1. The van der Waals surface area contributed by atoms with Crippen molar-refractivity contribution in [1.29, 1.82) is 0 Å². The number of nitrogens with zero attached hydrogens (tertiary/aromatic N) is 3. The number of fused-ring (bicyclic) bond motifs is 1. The molecule has 0 unspecified atom stereocenters. The monoisotopic (exact) mass is 338 g/mol. The number of rotatable bonds is 4. The minimum absolute atomic E-state index is 0.0444. The molecule has 132 valence electrons. The first-order valence-corrected chi connectivity index (χ1v) is 9.36. The molecule has 0 radical (unpaired) electrons. The van der Waals surface area contributed by atoms with Crippen molar-refractivity contribution in [2.75, 3.05) is 0 Å². The van der Waals surface area contributed by atoms with Crippen LogP contribution in [-0.4, -0.2) is 26.7 Å². The van der Waals surface area contributed by atoms with Crippen molar-refractivity contribution in [3.63, 3.8) is 0 Å². The van der Waals surface area contributed by atoms with Gasteiger partial charge in [-0.3, -0.25) is 4.79 Å². The lowest BCUT2D eigenvalue weighted by Crippen LogP contribution is -2.59. The molecule has 2 saturated carbocycles. The van der Waals surface area contributed by atoms with Crippen LogP contribution in [0, 0.1) is 25.7 Å². The van der Waals surface area contributed by atoms with Gasteiger partial charge in [0.1, 0.15) is 18.2 Å². The van der Waals surface area contributed by atoms with Crippen LogP contribution in [0.5, 0.6) is 0 Å². The minimum Gasteiger partial charge on any atom is -0.351 e. The summed E-state index contributed by atoms with van der Waals surface area (Å²) in [4.78, 5) is 16.9. The van der Waals surface area contributed by atoms with E-state index >= 15 is 0 Å². The van der Waals surface area contributed by atoms with E-state index in [0.29, 0.717) is 17.7 Å². The number of carbonyl (C=O) groups is 1. The molecular formula is C20H26N4O. The Labute approximate surface area is 148 Å². The van der Waals surface area contributed by atoms with Gasteiger partial charge in [0.05, 0.1) is 0 Å². The Bertz CT molecular complexity index is 754. The van der Waals surface area contributed by atoms with Gasteiger partial charge in [0.15, 0.2) is 0 Å². The van der Waals surface area contributed by atoms with Crippen molar-refractivity contribution >= 4 is 5.91 Å². The molecule has 0 bridgehead atoms. The summed E-state index contributed by atoms with van der Waals surface area (Å²) < 4.78 is 1.69. The van der Waals surface area contributed by atoms with Crippen LogP contribution in [0.15, 0.2) is 30.3 Å². The van der Waals surface area contributed by atoms with Crippen molar-refractivity contribution in [3.05, 3.63) is 47.5 Å². The number of benzene rings is 1. The zero-order valence-corrected chi connectivity index (χ0v) is 15.0. The Morgan fingerprint density at radius 1 is 1.16 bits per heavy atom. The van der Waals surface area contributed by atoms with Crippen LogP contribution < -0.4 is 5.32 Å². The number of amides is 1. The molecule has 4 atom stereocenters. The first-order chi connectivity index (χ1) is 12.1. The average molecular weight is 338 g/mol. The van der Waals surface area contributed by atoms with Crippen LogP contribution in [0.1, 0.15) is 48.8 Å².